The zero-order valence-corrected chi connectivity index (χ0v) is 10.6. The van der Waals surface area contributed by atoms with Crippen LogP contribution >= 0.6 is 11.6 Å². The average Bonchev–Trinajstić information content (AvgIpc) is 1.82. The fourth-order valence-electron chi connectivity index (χ4n) is 0.900. The Balaban J connectivity index is 3.77. The number of alkyl halides is 1. The Morgan fingerprint density at radius 3 is 1.92 bits per heavy atom. The minimum Gasteiger partial charge on any atom is -0.310 e. The molecule has 0 aromatic carbocycles. The third-order valence-electron chi connectivity index (χ3n) is 2.45. The molecule has 0 fully saturated rings. The summed E-state index contributed by atoms with van der Waals surface area (Å²) in [4.78, 5) is 0. The normalized spacial score (nSPS) is 15.9. The number of hydrogen-bond donors (Lipinski definition) is 1. The van der Waals surface area contributed by atoms with Gasteiger partial charge in [0.05, 0.1) is 0 Å². The van der Waals surface area contributed by atoms with E-state index < -0.39 is 0 Å². The molecule has 0 aliphatic carbocycles. The number of halogens is 1. The van der Waals surface area contributed by atoms with Crippen LogP contribution in [0.1, 0.15) is 48.0 Å². The molecule has 0 heterocycles. The SMILES string of the molecule is CC(Cl)C(C)(C)NCCC(C)(C)C. The van der Waals surface area contributed by atoms with Gasteiger partial charge in [-0.25, -0.2) is 0 Å². The molecule has 2 heteroatoms. The molecular formula is C11H24ClN. The molecule has 1 N–H and O–H groups in total. The van der Waals surface area contributed by atoms with E-state index in [4.69, 9.17) is 11.6 Å². The molecule has 0 spiro atoms. The van der Waals surface area contributed by atoms with Gasteiger partial charge in [-0.1, -0.05) is 20.8 Å². The van der Waals surface area contributed by atoms with E-state index in [-0.39, 0.29) is 10.9 Å². The van der Waals surface area contributed by atoms with Crippen LogP contribution in [0.15, 0.2) is 0 Å². The highest BCUT2D eigenvalue weighted by Crippen LogP contribution is 2.19. The van der Waals surface area contributed by atoms with Crippen molar-refractivity contribution in [2.24, 2.45) is 5.41 Å². The van der Waals surface area contributed by atoms with Gasteiger partial charge in [0.1, 0.15) is 0 Å². The lowest BCUT2D eigenvalue weighted by Gasteiger charge is -2.30. The summed E-state index contributed by atoms with van der Waals surface area (Å²) in [6, 6.07) is 0. The van der Waals surface area contributed by atoms with Gasteiger partial charge in [0, 0.05) is 10.9 Å². The highest BCUT2D eigenvalue weighted by Gasteiger charge is 2.23. The Bertz CT molecular complexity index is 145. The summed E-state index contributed by atoms with van der Waals surface area (Å²) in [7, 11) is 0. The summed E-state index contributed by atoms with van der Waals surface area (Å²) in [6.45, 7) is 14.1. The van der Waals surface area contributed by atoms with Crippen molar-refractivity contribution in [2.45, 2.75) is 58.9 Å². The smallest absolute Gasteiger partial charge is 0.0484 e. The van der Waals surface area contributed by atoms with Gasteiger partial charge in [0.25, 0.3) is 0 Å². The third-order valence-corrected chi connectivity index (χ3v) is 3.00. The molecule has 0 saturated heterocycles. The molecule has 1 unspecified atom stereocenters. The van der Waals surface area contributed by atoms with Crippen molar-refractivity contribution in [1.29, 1.82) is 0 Å². The van der Waals surface area contributed by atoms with Crippen molar-refractivity contribution < 1.29 is 0 Å². The molecule has 0 amide bonds. The van der Waals surface area contributed by atoms with Crippen LogP contribution in [0.5, 0.6) is 0 Å². The van der Waals surface area contributed by atoms with Crippen LogP contribution in [-0.4, -0.2) is 17.5 Å². The first-order valence-electron chi connectivity index (χ1n) is 5.04. The van der Waals surface area contributed by atoms with Crippen LogP contribution in [0.3, 0.4) is 0 Å². The van der Waals surface area contributed by atoms with Gasteiger partial charge in [-0.3, -0.25) is 0 Å². The van der Waals surface area contributed by atoms with E-state index in [1.54, 1.807) is 0 Å². The first-order valence-corrected chi connectivity index (χ1v) is 5.48. The summed E-state index contributed by atoms with van der Waals surface area (Å²) in [5.41, 5.74) is 0.436. The van der Waals surface area contributed by atoms with Crippen molar-refractivity contribution in [1.82, 2.24) is 5.32 Å². The molecule has 0 saturated carbocycles. The van der Waals surface area contributed by atoms with Crippen molar-refractivity contribution in [2.75, 3.05) is 6.54 Å². The molecule has 0 aromatic heterocycles. The summed E-state index contributed by atoms with van der Waals surface area (Å²) in [6.07, 6.45) is 1.18. The molecule has 0 aromatic rings. The highest BCUT2D eigenvalue weighted by atomic mass is 35.5. The molecule has 0 bridgehead atoms. The zero-order valence-electron chi connectivity index (χ0n) is 9.87. The van der Waals surface area contributed by atoms with E-state index in [0.29, 0.717) is 5.41 Å². The minimum absolute atomic E-state index is 0.0345. The van der Waals surface area contributed by atoms with Gasteiger partial charge in [0.2, 0.25) is 0 Å². The van der Waals surface area contributed by atoms with Gasteiger partial charge in [0.15, 0.2) is 0 Å². The molecule has 1 nitrogen and oxygen atoms in total. The first-order chi connectivity index (χ1) is 5.65. The van der Waals surface area contributed by atoms with E-state index in [1.807, 2.05) is 6.92 Å². The van der Waals surface area contributed by atoms with Crippen molar-refractivity contribution in [3.05, 3.63) is 0 Å². The fourth-order valence-corrected chi connectivity index (χ4v) is 0.977. The topological polar surface area (TPSA) is 12.0 Å². The summed E-state index contributed by atoms with van der Waals surface area (Å²) in [5, 5.41) is 3.64. The number of rotatable bonds is 4. The zero-order chi connectivity index (χ0) is 10.7. The Kier molecular flexibility index (Phi) is 4.74. The molecule has 0 radical (unpaired) electrons. The van der Waals surface area contributed by atoms with Gasteiger partial charge in [-0.05, 0) is 39.2 Å². The van der Waals surface area contributed by atoms with Crippen molar-refractivity contribution >= 4 is 11.6 Å². The lowest BCUT2D eigenvalue weighted by Crippen LogP contribution is -2.46. The molecule has 0 aliphatic rings. The van der Waals surface area contributed by atoms with E-state index in [1.165, 1.54) is 6.42 Å². The average molecular weight is 206 g/mol. The minimum atomic E-state index is 0.0345. The van der Waals surface area contributed by atoms with Crippen LogP contribution in [0.2, 0.25) is 0 Å². The van der Waals surface area contributed by atoms with Crippen LogP contribution < -0.4 is 5.32 Å². The van der Waals surface area contributed by atoms with E-state index in [2.05, 4.69) is 39.9 Å². The van der Waals surface area contributed by atoms with E-state index >= 15 is 0 Å². The molecule has 0 aliphatic heterocycles. The monoisotopic (exact) mass is 205 g/mol. The quantitative estimate of drug-likeness (QED) is 0.694. The molecular weight excluding hydrogens is 182 g/mol. The van der Waals surface area contributed by atoms with Crippen LogP contribution in [0.25, 0.3) is 0 Å². The number of hydrogen-bond acceptors (Lipinski definition) is 1. The van der Waals surface area contributed by atoms with Crippen LogP contribution in [0, 0.1) is 5.41 Å². The predicted molar refractivity (Wildman–Crippen MR) is 61.5 cm³/mol. The maximum absolute atomic E-state index is 6.06. The van der Waals surface area contributed by atoms with Crippen LogP contribution in [0.4, 0.5) is 0 Å². The standard InChI is InChI=1S/C11H24ClN/c1-9(12)11(5,6)13-8-7-10(2,3)4/h9,13H,7-8H2,1-6H3. The Labute approximate surface area is 88.2 Å². The second-order valence-corrected chi connectivity index (χ2v) is 6.23. The van der Waals surface area contributed by atoms with Gasteiger partial charge < -0.3 is 5.32 Å². The predicted octanol–water partition coefficient (Wildman–Crippen LogP) is 3.42. The Hall–Kier alpha value is 0.250. The largest absolute Gasteiger partial charge is 0.310 e. The van der Waals surface area contributed by atoms with Gasteiger partial charge in [-0.2, -0.15) is 0 Å². The summed E-state index contributed by atoms with van der Waals surface area (Å²) < 4.78 is 0. The Morgan fingerprint density at radius 1 is 1.15 bits per heavy atom. The van der Waals surface area contributed by atoms with Gasteiger partial charge in [-0.15, -0.1) is 11.6 Å². The lowest BCUT2D eigenvalue weighted by molar-refractivity contribution is 0.317. The summed E-state index contributed by atoms with van der Waals surface area (Å²) in [5.74, 6) is 0. The number of nitrogens with one attached hydrogen (secondary N) is 1. The second kappa shape index (κ2) is 4.65. The van der Waals surface area contributed by atoms with Gasteiger partial charge >= 0.3 is 0 Å². The van der Waals surface area contributed by atoms with Crippen molar-refractivity contribution in [3.8, 4) is 0 Å². The molecule has 0 rings (SSSR count). The summed E-state index contributed by atoms with van der Waals surface area (Å²) >= 11 is 6.06. The first kappa shape index (κ1) is 13.2. The molecule has 1 atom stereocenters. The van der Waals surface area contributed by atoms with E-state index in [0.717, 1.165) is 6.54 Å². The lowest BCUT2D eigenvalue weighted by atomic mass is 9.91. The van der Waals surface area contributed by atoms with Crippen molar-refractivity contribution in [3.63, 3.8) is 0 Å². The second-order valence-electron chi connectivity index (χ2n) is 5.58. The molecule has 13 heavy (non-hydrogen) atoms. The Morgan fingerprint density at radius 2 is 1.62 bits per heavy atom. The third kappa shape index (κ3) is 6.34. The van der Waals surface area contributed by atoms with E-state index in [9.17, 15) is 0 Å². The fraction of sp³-hybridized carbons (Fsp3) is 1.00. The van der Waals surface area contributed by atoms with Crippen LogP contribution in [-0.2, 0) is 0 Å². The maximum atomic E-state index is 6.06. The molecule has 80 valence electrons. The maximum Gasteiger partial charge on any atom is 0.0484 e. The highest BCUT2D eigenvalue weighted by molar-refractivity contribution is 6.21.